The van der Waals surface area contributed by atoms with E-state index in [1.807, 2.05) is 39.2 Å². The van der Waals surface area contributed by atoms with Crippen LogP contribution in [0.4, 0.5) is 4.79 Å². The van der Waals surface area contributed by atoms with Crippen LogP contribution in [0.1, 0.15) is 39.2 Å². The summed E-state index contributed by atoms with van der Waals surface area (Å²) in [7, 11) is 0. The topological polar surface area (TPSA) is 80.3 Å². The molecule has 0 unspecified atom stereocenters. The van der Waals surface area contributed by atoms with E-state index in [1.165, 1.54) is 0 Å². The summed E-state index contributed by atoms with van der Waals surface area (Å²) in [5, 5.41) is 6.42. The molecule has 0 fully saturated rings. The molecule has 0 aliphatic rings. The van der Waals surface area contributed by atoms with Crippen molar-refractivity contribution >= 4 is 23.8 Å². The Kier molecular flexibility index (Phi) is 7.88. The van der Waals surface area contributed by atoms with Crippen molar-refractivity contribution in [3.05, 3.63) is 23.9 Å². The Morgan fingerprint density at radius 3 is 2.70 bits per heavy atom. The summed E-state index contributed by atoms with van der Waals surface area (Å²) >= 11 is 1.56. The van der Waals surface area contributed by atoms with Crippen molar-refractivity contribution < 1.29 is 14.3 Å². The molecule has 0 spiro atoms. The first-order valence-corrected chi connectivity index (χ1v) is 8.75. The van der Waals surface area contributed by atoms with Crippen LogP contribution in [0.5, 0.6) is 0 Å². The molecule has 0 saturated heterocycles. The molecule has 0 aromatic carbocycles. The van der Waals surface area contributed by atoms with Crippen LogP contribution >= 0.6 is 11.8 Å². The van der Waals surface area contributed by atoms with Crippen molar-refractivity contribution in [2.75, 3.05) is 12.8 Å². The lowest BCUT2D eigenvalue weighted by atomic mass is 10.2. The smallest absolute Gasteiger partial charge is 0.407 e. The number of hydrogen-bond donors (Lipinski definition) is 2. The van der Waals surface area contributed by atoms with E-state index < -0.39 is 11.7 Å². The van der Waals surface area contributed by atoms with Crippen LogP contribution in [-0.4, -0.2) is 35.4 Å². The lowest BCUT2D eigenvalue weighted by Gasteiger charge is -2.19. The molecule has 23 heavy (non-hydrogen) atoms. The van der Waals surface area contributed by atoms with E-state index >= 15 is 0 Å². The third-order valence-corrected chi connectivity index (χ3v) is 3.39. The highest BCUT2D eigenvalue weighted by Crippen LogP contribution is 2.12. The monoisotopic (exact) mass is 339 g/mol. The summed E-state index contributed by atoms with van der Waals surface area (Å²) in [6.07, 6.45) is 4.16. The summed E-state index contributed by atoms with van der Waals surface area (Å²) in [5.74, 6) is -0.0431. The molecule has 6 nitrogen and oxygen atoms in total. The maximum absolute atomic E-state index is 11.8. The average Bonchev–Trinajstić information content (AvgIpc) is 2.48. The number of amides is 2. The van der Waals surface area contributed by atoms with Gasteiger partial charge in [0.25, 0.3) is 0 Å². The van der Waals surface area contributed by atoms with Crippen LogP contribution in [0.3, 0.4) is 0 Å². The van der Waals surface area contributed by atoms with Crippen LogP contribution in [0.25, 0.3) is 0 Å². The molecular weight excluding hydrogens is 314 g/mol. The Labute approximate surface area is 141 Å². The first-order valence-electron chi connectivity index (χ1n) is 7.52. The third-order valence-electron chi connectivity index (χ3n) is 2.75. The predicted octanol–water partition coefficient (Wildman–Crippen LogP) is 2.72. The van der Waals surface area contributed by atoms with Crippen molar-refractivity contribution in [3.63, 3.8) is 0 Å². The number of nitrogens with zero attached hydrogens (tertiary/aromatic N) is 1. The fourth-order valence-corrected chi connectivity index (χ4v) is 2.15. The second kappa shape index (κ2) is 9.39. The molecule has 0 atom stereocenters. The van der Waals surface area contributed by atoms with Crippen molar-refractivity contribution in [2.45, 2.75) is 50.8 Å². The number of carbonyl (C=O) groups is 2. The number of ether oxygens (including phenoxy) is 1. The van der Waals surface area contributed by atoms with E-state index in [0.717, 1.165) is 10.6 Å². The molecule has 0 aliphatic heterocycles. The van der Waals surface area contributed by atoms with Crippen LogP contribution in [-0.2, 0) is 16.1 Å². The molecule has 7 heteroatoms. The van der Waals surface area contributed by atoms with E-state index in [1.54, 1.807) is 18.0 Å². The molecule has 0 aliphatic carbocycles. The Morgan fingerprint density at radius 1 is 1.30 bits per heavy atom. The van der Waals surface area contributed by atoms with E-state index in [0.29, 0.717) is 25.9 Å². The standard InChI is InChI=1S/C16H25N3O3S/c1-16(2,3)22-15(21)18-8-5-6-13(20)19-11-12-7-9-17-14(10-12)23-4/h7,9-10H,5-6,8,11H2,1-4H3,(H,18,21)(H,19,20). The van der Waals surface area contributed by atoms with Gasteiger partial charge in [0.1, 0.15) is 5.60 Å². The van der Waals surface area contributed by atoms with Gasteiger partial charge in [0.15, 0.2) is 0 Å². The first-order chi connectivity index (χ1) is 10.8. The van der Waals surface area contributed by atoms with Gasteiger partial charge in [-0.2, -0.15) is 0 Å². The van der Waals surface area contributed by atoms with Gasteiger partial charge in [-0.15, -0.1) is 11.8 Å². The number of rotatable bonds is 7. The summed E-state index contributed by atoms with van der Waals surface area (Å²) in [6, 6.07) is 3.83. The van der Waals surface area contributed by atoms with E-state index in [4.69, 9.17) is 4.74 Å². The minimum absolute atomic E-state index is 0.0431. The SMILES string of the molecule is CSc1cc(CNC(=O)CCCNC(=O)OC(C)(C)C)ccn1. The zero-order chi connectivity index (χ0) is 17.3. The average molecular weight is 339 g/mol. The minimum Gasteiger partial charge on any atom is -0.444 e. The van der Waals surface area contributed by atoms with Crippen LogP contribution in [0.2, 0.25) is 0 Å². The highest BCUT2D eigenvalue weighted by atomic mass is 32.2. The fraction of sp³-hybridized carbons (Fsp3) is 0.562. The Morgan fingerprint density at radius 2 is 2.04 bits per heavy atom. The molecule has 0 radical (unpaired) electrons. The Bertz CT molecular complexity index is 530. The van der Waals surface area contributed by atoms with Crippen molar-refractivity contribution in [1.82, 2.24) is 15.6 Å². The number of hydrogen-bond acceptors (Lipinski definition) is 5. The number of nitrogens with one attached hydrogen (secondary N) is 2. The zero-order valence-electron chi connectivity index (χ0n) is 14.1. The van der Waals surface area contributed by atoms with E-state index in [-0.39, 0.29) is 5.91 Å². The molecule has 1 aromatic heterocycles. The molecule has 0 bridgehead atoms. The number of aromatic nitrogens is 1. The Hall–Kier alpha value is -1.76. The quantitative estimate of drug-likeness (QED) is 0.590. The van der Waals surface area contributed by atoms with Gasteiger partial charge in [-0.1, -0.05) is 0 Å². The van der Waals surface area contributed by atoms with Crippen molar-refractivity contribution in [2.24, 2.45) is 0 Å². The summed E-state index contributed by atoms with van der Waals surface area (Å²) in [6.45, 7) is 6.31. The van der Waals surface area contributed by atoms with Crippen LogP contribution in [0.15, 0.2) is 23.4 Å². The zero-order valence-corrected chi connectivity index (χ0v) is 15.0. The predicted molar refractivity (Wildman–Crippen MR) is 91.3 cm³/mol. The van der Waals surface area contributed by atoms with Gasteiger partial charge in [-0.3, -0.25) is 4.79 Å². The van der Waals surface area contributed by atoms with Gasteiger partial charge < -0.3 is 15.4 Å². The number of alkyl carbamates (subject to hydrolysis) is 1. The highest BCUT2D eigenvalue weighted by molar-refractivity contribution is 7.98. The van der Waals surface area contributed by atoms with Gasteiger partial charge in [0, 0.05) is 25.7 Å². The maximum Gasteiger partial charge on any atom is 0.407 e. The summed E-state index contributed by atoms with van der Waals surface area (Å²) in [5.41, 5.74) is 0.506. The van der Waals surface area contributed by atoms with E-state index in [2.05, 4.69) is 15.6 Å². The molecule has 1 rings (SSSR count). The summed E-state index contributed by atoms with van der Waals surface area (Å²) < 4.78 is 5.11. The molecule has 2 N–H and O–H groups in total. The first kappa shape index (κ1) is 19.3. The van der Waals surface area contributed by atoms with Gasteiger partial charge >= 0.3 is 6.09 Å². The third kappa shape index (κ3) is 9.07. The van der Waals surface area contributed by atoms with Crippen LogP contribution in [0, 0.1) is 0 Å². The minimum atomic E-state index is -0.512. The summed E-state index contributed by atoms with van der Waals surface area (Å²) in [4.78, 5) is 27.4. The second-order valence-corrected chi connectivity index (χ2v) is 6.84. The largest absolute Gasteiger partial charge is 0.444 e. The van der Waals surface area contributed by atoms with Gasteiger partial charge in [0.05, 0.1) is 5.03 Å². The van der Waals surface area contributed by atoms with Gasteiger partial charge in [-0.05, 0) is 51.1 Å². The normalized spacial score (nSPS) is 11.0. The lowest BCUT2D eigenvalue weighted by Crippen LogP contribution is -2.33. The van der Waals surface area contributed by atoms with Crippen LogP contribution < -0.4 is 10.6 Å². The second-order valence-electron chi connectivity index (χ2n) is 6.02. The van der Waals surface area contributed by atoms with Gasteiger partial charge in [-0.25, -0.2) is 9.78 Å². The molecule has 128 valence electrons. The fourth-order valence-electron chi connectivity index (χ4n) is 1.71. The number of pyridine rings is 1. The number of carbonyl (C=O) groups excluding carboxylic acids is 2. The molecule has 0 saturated carbocycles. The molecule has 1 aromatic rings. The molecule has 2 amide bonds. The van der Waals surface area contributed by atoms with Gasteiger partial charge in [0.2, 0.25) is 5.91 Å². The van der Waals surface area contributed by atoms with Crippen molar-refractivity contribution in [3.8, 4) is 0 Å². The van der Waals surface area contributed by atoms with E-state index in [9.17, 15) is 9.59 Å². The molecular formula is C16H25N3O3S. The highest BCUT2D eigenvalue weighted by Gasteiger charge is 2.15. The Balaban J connectivity index is 2.18. The number of thioether (sulfide) groups is 1. The van der Waals surface area contributed by atoms with Crippen molar-refractivity contribution in [1.29, 1.82) is 0 Å². The lowest BCUT2D eigenvalue weighted by molar-refractivity contribution is -0.121. The maximum atomic E-state index is 11.8. The molecule has 1 heterocycles.